The number of aromatic nitrogens is 4. The monoisotopic (exact) mass is 736 g/mol. The van der Waals surface area contributed by atoms with Crippen molar-refractivity contribution in [3.63, 3.8) is 0 Å². The Balaban J connectivity index is 1.20. The molecule has 0 spiro atoms. The van der Waals surface area contributed by atoms with E-state index < -0.39 is 0 Å². The van der Waals surface area contributed by atoms with Gasteiger partial charge in [0.25, 0.3) is 0 Å². The third-order valence-electron chi connectivity index (χ3n) is 10.6. The number of nitrogens with zero attached hydrogens (tertiary/aromatic N) is 4. The van der Waals surface area contributed by atoms with Crippen molar-refractivity contribution in [3.05, 3.63) is 182 Å². The summed E-state index contributed by atoms with van der Waals surface area (Å²) >= 11 is 0. The van der Waals surface area contributed by atoms with Crippen LogP contribution in [0.3, 0.4) is 0 Å². The summed E-state index contributed by atoms with van der Waals surface area (Å²) in [7, 11) is 0. The molecule has 0 fully saturated rings. The molecule has 0 aliphatic carbocycles. The average Bonchev–Trinajstić information content (AvgIpc) is 4.00. The molecule has 0 saturated heterocycles. The van der Waals surface area contributed by atoms with E-state index in [4.69, 9.17) is 29.3 Å². The molecule has 57 heavy (non-hydrogen) atoms. The highest BCUT2D eigenvalue weighted by Crippen LogP contribution is 2.41. The first kappa shape index (κ1) is 26.1. The number of hydrogen-bond donors (Lipinski definition) is 0. The molecule has 0 N–H and O–H groups in total. The van der Waals surface area contributed by atoms with E-state index in [0.29, 0.717) is 34.3 Å². The normalized spacial score (nSPS) is 13.3. The van der Waals surface area contributed by atoms with Gasteiger partial charge in [-0.2, -0.15) is 0 Å². The summed E-state index contributed by atoms with van der Waals surface area (Å²) in [6, 6.07) is 44.6. The number of furan rings is 2. The number of fused-ring (bicyclic) bond motifs is 9. The molecule has 4 heterocycles. The number of para-hydroxylation sites is 5. The Labute approximate surface area is 334 Å². The minimum absolute atomic E-state index is 0.0785. The molecule has 4 aromatic heterocycles. The van der Waals surface area contributed by atoms with Gasteiger partial charge in [-0.3, -0.25) is 0 Å². The zero-order valence-corrected chi connectivity index (χ0v) is 30.0. The van der Waals surface area contributed by atoms with E-state index in [0.717, 1.165) is 60.5 Å². The van der Waals surface area contributed by atoms with E-state index in [1.165, 1.54) is 12.1 Å². The maximum Gasteiger partial charge on any atom is 0.166 e. The van der Waals surface area contributed by atoms with Gasteiger partial charge < -0.3 is 13.4 Å². The molecule has 12 rings (SSSR count). The predicted molar refractivity (Wildman–Crippen MR) is 230 cm³/mol. The lowest BCUT2D eigenvalue weighted by Crippen LogP contribution is -2.04. The van der Waals surface area contributed by atoms with Crippen molar-refractivity contribution in [2.24, 2.45) is 0 Å². The lowest BCUT2D eigenvalue weighted by atomic mass is 9.99. The van der Waals surface area contributed by atoms with E-state index in [-0.39, 0.29) is 58.1 Å². The van der Waals surface area contributed by atoms with Crippen LogP contribution >= 0.6 is 0 Å². The van der Waals surface area contributed by atoms with Gasteiger partial charge in [0, 0.05) is 54.6 Å². The molecular formula is C51H30N4O2. The Hall–Kier alpha value is -7.83. The average molecular weight is 737 g/mol. The van der Waals surface area contributed by atoms with Crippen LogP contribution in [0.15, 0.2) is 191 Å². The molecule has 0 aliphatic rings. The summed E-state index contributed by atoms with van der Waals surface area (Å²) in [4.78, 5) is 15.3. The van der Waals surface area contributed by atoms with Gasteiger partial charge in [-0.25, -0.2) is 15.0 Å². The zero-order valence-electron chi connectivity index (χ0n) is 36.0. The van der Waals surface area contributed by atoms with Gasteiger partial charge in [-0.1, -0.05) is 127 Å². The van der Waals surface area contributed by atoms with Crippen molar-refractivity contribution >= 4 is 65.7 Å². The second-order valence-electron chi connectivity index (χ2n) is 13.9. The Morgan fingerprint density at radius 1 is 0.404 bits per heavy atom. The van der Waals surface area contributed by atoms with Gasteiger partial charge in [0.2, 0.25) is 0 Å². The molecule has 266 valence electrons. The molecule has 0 unspecified atom stereocenters. The first-order valence-electron chi connectivity index (χ1n) is 21.5. The quantitative estimate of drug-likeness (QED) is 0.176. The van der Waals surface area contributed by atoms with Crippen LogP contribution in [-0.4, -0.2) is 19.5 Å². The van der Waals surface area contributed by atoms with Crippen LogP contribution in [0.2, 0.25) is 0 Å². The second-order valence-corrected chi connectivity index (χ2v) is 13.9. The summed E-state index contributed by atoms with van der Waals surface area (Å²) in [5.74, 6) is 1.11. The van der Waals surface area contributed by atoms with E-state index in [1.54, 1.807) is 4.57 Å². The Morgan fingerprint density at radius 3 is 1.79 bits per heavy atom. The highest BCUT2D eigenvalue weighted by Gasteiger charge is 2.22. The molecule has 0 saturated carbocycles. The third kappa shape index (κ3) is 4.94. The fourth-order valence-corrected chi connectivity index (χ4v) is 8.01. The summed E-state index contributed by atoms with van der Waals surface area (Å²) in [5, 5.41) is 4.07. The van der Waals surface area contributed by atoms with Crippen LogP contribution in [0.4, 0.5) is 0 Å². The van der Waals surface area contributed by atoms with Gasteiger partial charge in [-0.15, -0.1) is 0 Å². The molecule has 12 aromatic rings. The largest absolute Gasteiger partial charge is 0.456 e. The Morgan fingerprint density at radius 2 is 1.02 bits per heavy atom. The van der Waals surface area contributed by atoms with Crippen LogP contribution in [0.25, 0.3) is 117 Å². The SMILES string of the molecule is [2H]c1cc([2H])c2c(c1[2H])c1c([2H])c([2H])cc([2H])c1n2-c1cc(-c2cccc3c2oc2ccccc23)ccc1-c1nc(-c2ccccc2)nc(-c2ccc3oc4ccccc4c3c2)n1. The second kappa shape index (κ2) is 12.3. The van der Waals surface area contributed by atoms with Gasteiger partial charge in [-0.05, 0) is 60.1 Å². The van der Waals surface area contributed by atoms with Crippen molar-refractivity contribution in [1.29, 1.82) is 0 Å². The van der Waals surface area contributed by atoms with Crippen molar-refractivity contribution in [1.82, 2.24) is 19.5 Å². The maximum atomic E-state index is 9.33. The fraction of sp³-hybridized carbons (Fsp3) is 0. The zero-order chi connectivity index (χ0) is 42.7. The van der Waals surface area contributed by atoms with Crippen molar-refractivity contribution in [3.8, 4) is 51.0 Å². The van der Waals surface area contributed by atoms with Gasteiger partial charge in [0.05, 0.1) is 24.9 Å². The number of benzene rings is 8. The van der Waals surface area contributed by atoms with Crippen LogP contribution in [0, 0.1) is 0 Å². The van der Waals surface area contributed by atoms with Gasteiger partial charge in [0.15, 0.2) is 17.5 Å². The first-order valence-corrected chi connectivity index (χ1v) is 18.5. The van der Waals surface area contributed by atoms with E-state index in [2.05, 4.69) is 0 Å². The minimum Gasteiger partial charge on any atom is -0.456 e. The molecule has 0 radical (unpaired) electrons. The van der Waals surface area contributed by atoms with Crippen LogP contribution in [-0.2, 0) is 0 Å². The van der Waals surface area contributed by atoms with Crippen molar-refractivity contribution in [2.45, 2.75) is 0 Å². The molecular weight excluding hydrogens is 701 g/mol. The predicted octanol–water partition coefficient (Wildman–Crippen LogP) is 13.4. The molecule has 0 amide bonds. The van der Waals surface area contributed by atoms with Crippen molar-refractivity contribution in [2.75, 3.05) is 0 Å². The highest BCUT2D eigenvalue weighted by molar-refractivity contribution is 6.11. The lowest BCUT2D eigenvalue weighted by molar-refractivity contribution is 0.669. The summed E-state index contributed by atoms with van der Waals surface area (Å²) in [6.07, 6.45) is 0. The molecule has 0 atom stereocenters. The molecule has 6 nitrogen and oxygen atoms in total. The fourth-order valence-electron chi connectivity index (χ4n) is 8.01. The standard InChI is InChI=1S/C51H30N4O2/c1-2-13-31(14-3-1)49-52-50(33-26-28-47-41(29-33)38-18-7-10-23-45(38)56-47)54-51(53-49)40-27-25-32(34-19-12-20-39-37-17-6-11-24-46(37)57-48(34)39)30-44(40)55-42-21-8-4-15-35(42)36-16-5-9-22-43(36)55/h1-30H/i4D,5D,15D,16D,21D,22D. The van der Waals surface area contributed by atoms with E-state index >= 15 is 0 Å². The molecule has 0 aliphatic heterocycles. The first-order chi connectivity index (χ1) is 30.7. The summed E-state index contributed by atoms with van der Waals surface area (Å²) in [5.41, 5.74) is 7.33. The van der Waals surface area contributed by atoms with E-state index in [9.17, 15) is 2.74 Å². The van der Waals surface area contributed by atoms with Crippen LogP contribution in [0.1, 0.15) is 8.22 Å². The smallest absolute Gasteiger partial charge is 0.166 e. The number of rotatable bonds is 5. The topological polar surface area (TPSA) is 69.9 Å². The summed E-state index contributed by atoms with van der Waals surface area (Å²) < 4.78 is 68.5. The lowest BCUT2D eigenvalue weighted by Gasteiger charge is -2.16. The Bertz CT molecular complexity index is 3820. The van der Waals surface area contributed by atoms with Crippen LogP contribution in [0.5, 0.6) is 0 Å². The molecule has 6 heteroatoms. The Kier molecular flexibility index (Phi) is 5.64. The molecule has 8 aromatic carbocycles. The van der Waals surface area contributed by atoms with Crippen LogP contribution < -0.4 is 0 Å². The van der Waals surface area contributed by atoms with Gasteiger partial charge in [0.1, 0.15) is 22.3 Å². The maximum absolute atomic E-state index is 9.33. The van der Waals surface area contributed by atoms with Gasteiger partial charge >= 0.3 is 0 Å². The van der Waals surface area contributed by atoms with Crippen molar-refractivity contribution < 1.29 is 17.1 Å². The molecule has 0 bridgehead atoms. The highest BCUT2D eigenvalue weighted by atomic mass is 16.3. The van der Waals surface area contributed by atoms with E-state index in [1.807, 2.05) is 133 Å². The third-order valence-corrected chi connectivity index (χ3v) is 10.6. The number of hydrogen-bond acceptors (Lipinski definition) is 5. The summed E-state index contributed by atoms with van der Waals surface area (Å²) in [6.45, 7) is 0. The minimum atomic E-state index is -0.205.